The van der Waals surface area contributed by atoms with Gasteiger partial charge in [-0.05, 0) is 13.0 Å². The van der Waals surface area contributed by atoms with Gasteiger partial charge in [0.15, 0.2) is 14.9 Å². The highest BCUT2D eigenvalue weighted by atomic mass is 32.3. The molecule has 7 nitrogen and oxygen atoms in total. The second-order valence-electron chi connectivity index (χ2n) is 4.56. The van der Waals surface area contributed by atoms with Crippen LogP contribution in [-0.2, 0) is 19.9 Å². The molecule has 2 N–H and O–H groups in total. The van der Waals surface area contributed by atoms with Gasteiger partial charge in [0.1, 0.15) is 0 Å². The minimum Gasteiger partial charge on any atom is -0.387 e. The molecule has 0 aromatic rings. The van der Waals surface area contributed by atoms with Crippen LogP contribution in [0, 0.1) is 0 Å². The summed E-state index contributed by atoms with van der Waals surface area (Å²) >= 11 is 0. The number of aliphatic hydroxyl groups is 1. The lowest BCUT2D eigenvalue weighted by Crippen LogP contribution is -2.46. The number of nitrogens with zero attached hydrogens (tertiary/aromatic N) is 1. The summed E-state index contributed by atoms with van der Waals surface area (Å²) in [4.78, 5) is 0. The van der Waals surface area contributed by atoms with Crippen LogP contribution in [-0.4, -0.2) is 69.9 Å². The first-order chi connectivity index (χ1) is 7.54. The summed E-state index contributed by atoms with van der Waals surface area (Å²) in [5, 5.41) is 12.0. The molecular weight excluding hydrogens is 268 g/mol. The van der Waals surface area contributed by atoms with Gasteiger partial charge in [-0.2, -0.15) is 0 Å². The molecule has 1 atom stereocenters. The number of sulfonamides is 1. The molecule has 17 heavy (non-hydrogen) atoms. The van der Waals surface area contributed by atoms with Gasteiger partial charge in [0.2, 0.25) is 10.0 Å². The molecule has 1 aliphatic rings. The predicted octanol–water partition coefficient (Wildman–Crippen LogP) is -2.03. The molecule has 0 saturated carbocycles. The van der Waals surface area contributed by atoms with Crippen LogP contribution in [0.15, 0.2) is 0 Å². The molecular formula is C8H18N2O5S2. The number of nitrogens with one attached hydrogen (secondary N) is 1. The van der Waals surface area contributed by atoms with Gasteiger partial charge in [-0.15, -0.1) is 0 Å². The molecule has 1 saturated heterocycles. The van der Waals surface area contributed by atoms with Gasteiger partial charge < -0.3 is 10.4 Å². The molecule has 0 aliphatic carbocycles. The van der Waals surface area contributed by atoms with E-state index in [0.29, 0.717) is 19.5 Å². The van der Waals surface area contributed by atoms with Crippen LogP contribution in [0.1, 0.15) is 6.42 Å². The maximum absolute atomic E-state index is 11.7. The number of likely N-dealkylation sites (N-methyl/N-ethyl adjacent to an activating group) is 1. The maximum atomic E-state index is 11.7. The highest BCUT2D eigenvalue weighted by molar-refractivity contribution is 8.06. The Balaban J connectivity index is 2.73. The molecule has 1 heterocycles. The monoisotopic (exact) mass is 286 g/mol. The van der Waals surface area contributed by atoms with Crippen molar-refractivity contribution in [2.24, 2.45) is 0 Å². The second kappa shape index (κ2) is 4.81. The Bertz CT molecular complexity index is 464. The minimum absolute atomic E-state index is 0.0994. The lowest BCUT2D eigenvalue weighted by atomic mass is 10.0. The Hall–Kier alpha value is -0.220. The SMILES string of the molecule is CN(CC1(O)CCNC1)S(=O)(=O)CS(C)(=O)=O. The number of sulfone groups is 1. The fourth-order valence-electron chi connectivity index (χ4n) is 1.74. The lowest BCUT2D eigenvalue weighted by Gasteiger charge is -2.27. The average Bonchev–Trinajstić information content (AvgIpc) is 2.47. The van der Waals surface area contributed by atoms with E-state index in [1.807, 2.05) is 0 Å². The Morgan fingerprint density at radius 2 is 1.94 bits per heavy atom. The smallest absolute Gasteiger partial charge is 0.228 e. The van der Waals surface area contributed by atoms with E-state index in [-0.39, 0.29) is 6.54 Å². The number of β-amino-alcohol motifs (C(OH)–C–C–N with tert-alkyl or cyclic N) is 1. The standard InChI is InChI=1S/C8H18N2O5S2/c1-10(6-8(11)3-4-9-5-8)17(14,15)7-16(2,12)13/h9,11H,3-7H2,1-2H3. The lowest BCUT2D eigenvalue weighted by molar-refractivity contribution is 0.0463. The Morgan fingerprint density at radius 3 is 2.35 bits per heavy atom. The van der Waals surface area contributed by atoms with E-state index in [1.165, 1.54) is 7.05 Å². The van der Waals surface area contributed by atoms with E-state index < -0.39 is 30.5 Å². The summed E-state index contributed by atoms with van der Waals surface area (Å²) in [6, 6.07) is 0. The van der Waals surface area contributed by atoms with Gasteiger partial charge in [-0.25, -0.2) is 21.1 Å². The van der Waals surface area contributed by atoms with Crippen molar-refractivity contribution in [2.45, 2.75) is 12.0 Å². The van der Waals surface area contributed by atoms with Crippen LogP contribution in [0.5, 0.6) is 0 Å². The van der Waals surface area contributed by atoms with Crippen LogP contribution >= 0.6 is 0 Å². The first kappa shape index (κ1) is 14.8. The van der Waals surface area contributed by atoms with Crippen molar-refractivity contribution in [3.05, 3.63) is 0 Å². The summed E-state index contributed by atoms with van der Waals surface area (Å²) < 4.78 is 46.3. The fraction of sp³-hybridized carbons (Fsp3) is 1.00. The average molecular weight is 286 g/mol. The normalized spacial score (nSPS) is 26.6. The van der Waals surface area contributed by atoms with Gasteiger partial charge in [0, 0.05) is 26.4 Å². The van der Waals surface area contributed by atoms with Crippen molar-refractivity contribution in [3.63, 3.8) is 0 Å². The van der Waals surface area contributed by atoms with E-state index in [0.717, 1.165) is 10.6 Å². The molecule has 0 aromatic carbocycles. The Morgan fingerprint density at radius 1 is 1.35 bits per heavy atom. The first-order valence-corrected chi connectivity index (χ1v) is 8.76. The largest absolute Gasteiger partial charge is 0.387 e. The van der Waals surface area contributed by atoms with Gasteiger partial charge in [-0.1, -0.05) is 0 Å². The van der Waals surface area contributed by atoms with Gasteiger partial charge in [0.05, 0.1) is 5.60 Å². The highest BCUT2D eigenvalue weighted by Crippen LogP contribution is 2.17. The molecule has 1 fully saturated rings. The van der Waals surface area contributed by atoms with Gasteiger partial charge >= 0.3 is 0 Å². The molecule has 0 amide bonds. The predicted molar refractivity (Wildman–Crippen MR) is 63.7 cm³/mol. The third kappa shape index (κ3) is 4.51. The van der Waals surface area contributed by atoms with Crippen molar-refractivity contribution >= 4 is 19.9 Å². The van der Waals surface area contributed by atoms with Crippen LogP contribution in [0.4, 0.5) is 0 Å². The van der Waals surface area contributed by atoms with E-state index in [4.69, 9.17) is 0 Å². The molecule has 0 spiro atoms. The van der Waals surface area contributed by atoms with Crippen molar-refractivity contribution in [1.82, 2.24) is 9.62 Å². The van der Waals surface area contributed by atoms with Crippen LogP contribution in [0.25, 0.3) is 0 Å². The summed E-state index contributed by atoms with van der Waals surface area (Å²) in [5.41, 5.74) is -1.11. The summed E-state index contributed by atoms with van der Waals surface area (Å²) in [5.74, 6) is 0. The van der Waals surface area contributed by atoms with E-state index >= 15 is 0 Å². The van der Waals surface area contributed by atoms with Crippen molar-refractivity contribution < 1.29 is 21.9 Å². The molecule has 1 unspecified atom stereocenters. The third-order valence-corrected chi connectivity index (χ3v) is 6.56. The summed E-state index contributed by atoms with van der Waals surface area (Å²) in [6.07, 6.45) is 1.32. The third-order valence-electron chi connectivity index (χ3n) is 2.58. The minimum atomic E-state index is -3.89. The van der Waals surface area contributed by atoms with Crippen LogP contribution < -0.4 is 5.32 Å². The quantitative estimate of drug-likeness (QED) is 0.604. The van der Waals surface area contributed by atoms with E-state index in [1.54, 1.807) is 0 Å². The molecule has 1 aliphatic heterocycles. The zero-order chi connectivity index (χ0) is 13.3. The zero-order valence-electron chi connectivity index (χ0n) is 9.88. The van der Waals surface area contributed by atoms with E-state index in [2.05, 4.69) is 5.32 Å². The number of hydrogen-bond acceptors (Lipinski definition) is 6. The molecule has 9 heteroatoms. The summed E-state index contributed by atoms with van der Waals surface area (Å²) in [7, 11) is -6.22. The van der Waals surface area contributed by atoms with Gasteiger partial charge in [-0.3, -0.25) is 0 Å². The van der Waals surface area contributed by atoms with Crippen molar-refractivity contribution in [3.8, 4) is 0 Å². The molecule has 0 radical (unpaired) electrons. The molecule has 0 bridgehead atoms. The van der Waals surface area contributed by atoms with Crippen LogP contribution in [0.2, 0.25) is 0 Å². The molecule has 0 aromatic heterocycles. The zero-order valence-corrected chi connectivity index (χ0v) is 11.5. The Kier molecular flexibility index (Phi) is 4.20. The second-order valence-corrected chi connectivity index (χ2v) is 9.14. The summed E-state index contributed by atoms with van der Waals surface area (Å²) in [6.45, 7) is 0.833. The molecule has 102 valence electrons. The molecule has 1 rings (SSSR count). The highest BCUT2D eigenvalue weighted by Gasteiger charge is 2.36. The topological polar surface area (TPSA) is 104 Å². The number of hydrogen-bond donors (Lipinski definition) is 2. The van der Waals surface area contributed by atoms with E-state index in [9.17, 15) is 21.9 Å². The maximum Gasteiger partial charge on any atom is 0.228 e. The van der Waals surface area contributed by atoms with Gasteiger partial charge in [0.25, 0.3) is 0 Å². The van der Waals surface area contributed by atoms with Crippen LogP contribution in [0.3, 0.4) is 0 Å². The Labute approximate surface area is 102 Å². The first-order valence-electron chi connectivity index (χ1n) is 5.09. The van der Waals surface area contributed by atoms with Crippen molar-refractivity contribution in [2.75, 3.05) is 38.0 Å². The fourth-order valence-corrected chi connectivity index (χ4v) is 5.06. The number of rotatable bonds is 5. The van der Waals surface area contributed by atoms with Crippen molar-refractivity contribution in [1.29, 1.82) is 0 Å².